The largest absolute Gasteiger partial charge is 0.384 e. The van der Waals surface area contributed by atoms with Gasteiger partial charge >= 0.3 is 0 Å². The summed E-state index contributed by atoms with van der Waals surface area (Å²) in [7, 11) is 1.69. The van der Waals surface area contributed by atoms with Gasteiger partial charge in [0.2, 0.25) is 17.8 Å². The van der Waals surface area contributed by atoms with Gasteiger partial charge in [0.05, 0.1) is 6.61 Å². The Morgan fingerprint density at radius 3 is 2.53 bits per heavy atom. The molecule has 0 aliphatic carbocycles. The van der Waals surface area contributed by atoms with Crippen molar-refractivity contribution >= 4 is 17.8 Å². The molecule has 3 N–H and O–H groups in total. The zero-order valence-corrected chi connectivity index (χ0v) is 12.2. The highest BCUT2D eigenvalue weighted by Crippen LogP contribution is 2.11. The second-order valence-corrected chi connectivity index (χ2v) is 4.43. The van der Waals surface area contributed by atoms with Crippen molar-refractivity contribution in [3.63, 3.8) is 0 Å². The van der Waals surface area contributed by atoms with Gasteiger partial charge in [0, 0.05) is 26.7 Å². The topological polar surface area (TPSA) is 89.2 Å². The molecule has 1 unspecified atom stereocenters. The number of nitrogens with two attached hydrogens (primary N) is 1. The molecule has 0 saturated carbocycles. The fraction of sp³-hybridized carbons (Fsp3) is 0.750. The second kappa shape index (κ2) is 7.73. The molecule has 0 aliphatic rings. The van der Waals surface area contributed by atoms with Gasteiger partial charge < -0.3 is 20.7 Å². The molecule has 0 amide bonds. The monoisotopic (exact) mass is 268 g/mol. The van der Waals surface area contributed by atoms with E-state index in [0.717, 1.165) is 19.6 Å². The number of rotatable bonds is 8. The van der Waals surface area contributed by atoms with E-state index in [1.807, 2.05) is 4.90 Å². The van der Waals surface area contributed by atoms with Gasteiger partial charge in [0.15, 0.2) is 0 Å². The molecule has 1 rings (SSSR count). The van der Waals surface area contributed by atoms with Gasteiger partial charge in [-0.3, -0.25) is 0 Å². The van der Waals surface area contributed by atoms with Crippen LogP contribution in [0.3, 0.4) is 0 Å². The molecule has 1 atom stereocenters. The fourth-order valence-electron chi connectivity index (χ4n) is 1.72. The van der Waals surface area contributed by atoms with Gasteiger partial charge in [-0.2, -0.15) is 15.0 Å². The number of methoxy groups -OCH3 is 1. The van der Waals surface area contributed by atoms with E-state index in [-0.39, 0.29) is 5.95 Å². The molecule has 1 aromatic rings. The van der Waals surface area contributed by atoms with Crippen molar-refractivity contribution in [3.05, 3.63) is 0 Å². The van der Waals surface area contributed by atoms with E-state index in [0.29, 0.717) is 24.4 Å². The van der Waals surface area contributed by atoms with Crippen LogP contribution in [0.25, 0.3) is 0 Å². The lowest BCUT2D eigenvalue weighted by molar-refractivity contribution is 0.164. The maximum Gasteiger partial charge on any atom is 0.231 e. The van der Waals surface area contributed by atoms with Crippen LogP contribution >= 0.6 is 0 Å². The van der Waals surface area contributed by atoms with E-state index in [9.17, 15) is 0 Å². The minimum atomic E-state index is 0.235. The van der Waals surface area contributed by atoms with Crippen LogP contribution < -0.4 is 16.0 Å². The number of hydrogen-bond donors (Lipinski definition) is 2. The third-order valence-electron chi connectivity index (χ3n) is 2.75. The number of anilines is 3. The van der Waals surface area contributed by atoms with Crippen LogP contribution in [0, 0.1) is 5.92 Å². The normalized spacial score (nSPS) is 12.2. The average molecular weight is 268 g/mol. The van der Waals surface area contributed by atoms with Crippen molar-refractivity contribution in [2.45, 2.75) is 20.8 Å². The number of hydrogen-bond acceptors (Lipinski definition) is 7. The Balaban J connectivity index is 2.73. The molecule has 0 aromatic carbocycles. The summed E-state index contributed by atoms with van der Waals surface area (Å²) in [5.41, 5.74) is 5.72. The first-order valence-electron chi connectivity index (χ1n) is 6.59. The minimum Gasteiger partial charge on any atom is -0.384 e. The maximum atomic E-state index is 5.72. The summed E-state index contributed by atoms with van der Waals surface area (Å²) in [5.74, 6) is 1.73. The minimum absolute atomic E-state index is 0.235. The molecular formula is C12H24N6O. The summed E-state index contributed by atoms with van der Waals surface area (Å²) in [5, 5.41) is 3.16. The first-order chi connectivity index (χ1) is 9.10. The maximum absolute atomic E-state index is 5.72. The summed E-state index contributed by atoms with van der Waals surface area (Å²) in [6, 6.07) is 0. The van der Waals surface area contributed by atoms with Crippen LogP contribution in [-0.4, -0.2) is 48.3 Å². The third-order valence-corrected chi connectivity index (χ3v) is 2.75. The molecule has 108 valence electrons. The van der Waals surface area contributed by atoms with Crippen LogP contribution in [0.1, 0.15) is 20.8 Å². The van der Waals surface area contributed by atoms with Crippen molar-refractivity contribution in [2.75, 3.05) is 49.3 Å². The van der Waals surface area contributed by atoms with Gasteiger partial charge in [0.25, 0.3) is 0 Å². The van der Waals surface area contributed by atoms with Gasteiger partial charge in [-0.25, -0.2) is 0 Å². The quantitative estimate of drug-likeness (QED) is 0.726. The van der Waals surface area contributed by atoms with E-state index in [1.54, 1.807) is 7.11 Å². The van der Waals surface area contributed by atoms with Crippen molar-refractivity contribution in [3.8, 4) is 0 Å². The molecule has 1 aromatic heterocycles. The third kappa shape index (κ3) is 4.86. The van der Waals surface area contributed by atoms with Crippen molar-refractivity contribution in [1.29, 1.82) is 0 Å². The number of nitrogen functional groups attached to an aromatic ring is 1. The molecule has 0 spiro atoms. The molecule has 0 fully saturated rings. The Morgan fingerprint density at radius 1 is 1.26 bits per heavy atom. The lowest BCUT2D eigenvalue weighted by Gasteiger charge is -2.19. The highest BCUT2D eigenvalue weighted by molar-refractivity contribution is 5.41. The van der Waals surface area contributed by atoms with Gasteiger partial charge in [-0.05, 0) is 19.8 Å². The van der Waals surface area contributed by atoms with Gasteiger partial charge in [-0.15, -0.1) is 0 Å². The molecular weight excluding hydrogens is 244 g/mol. The highest BCUT2D eigenvalue weighted by Gasteiger charge is 2.10. The number of aromatic nitrogens is 3. The van der Waals surface area contributed by atoms with Crippen molar-refractivity contribution in [2.24, 2.45) is 5.92 Å². The first-order valence-corrected chi connectivity index (χ1v) is 6.59. The molecule has 1 heterocycles. The number of nitrogens with one attached hydrogen (secondary N) is 1. The predicted octanol–water partition coefficient (Wildman–Crippen LogP) is 0.994. The zero-order chi connectivity index (χ0) is 14.3. The smallest absolute Gasteiger partial charge is 0.231 e. The molecule has 19 heavy (non-hydrogen) atoms. The molecule has 7 nitrogen and oxygen atoms in total. The van der Waals surface area contributed by atoms with Crippen LogP contribution in [0.15, 0.2) is 0 Å². The number of ether oxygens (including phenoxy) is 1. The average Bonchev–Trinajstić information content (AvgIpc) is 2.38. The number of nitrogens with zero attached hydrogens (tertiary/aromatic N) is 4. The van der Waals surface area contributed by atoms with Crippen LogP contribution in [-0.2, 0) is 4.74 Å². The summed E-state index contributed by atoms with van der Waals surface area (Å²) in [6.45, 7) is 9.28. The summed E-state index contributed by atoms with van der Waals surface area (Å²) < 4.78 is 5.09. The van der Waals surface area contributed by atoms with Crippen LogP contribution in [0.4, 0.5) is 17.8 Å². The Kier molecular flexibility index (Phi) is 6.27. The molecule has 0 saturated heterocycles. The molecule has 7 heteroatoms. The van der Waals surface area contributed by atoms with Crippen LogP contribution in [0.5, 0.6) is 0 Å². The van der Waals surface area contributed by atoms with Gasteiger partial charge in [-0.1, -0.05) is 6.92 Å². The first kappa shape index (κ1) is 15.4. The Morgan fingerprint density at radius 2 is 1.95 bits per heavy atom. The van der Waals surface area contributed by atoms with E-state index < -0.39 is 0 Å². The van der Waals surface area contributed by atoms with E-state index in [4.69, 9.17) is 10.5 Å². The lowest BCUT2D eigenvalue weighted by Crippen LogP contribution is -2.26. The fourth-order valence-corrected chi connectivity index (χ4v) is 1.72. The van der Waals surface area contributed by atoms with E-state index >= 15 is 0 Å². The van der Waals surface area contributed by atoms with Crippen molar-refractivity contribution in [1.82, 2.24) is 15.0 Å². The standard InChI is InChI=1S/C12H24N6O/c1-5-18(6-2)12-16-10(13)15-11(17-12)14-7-9(3)8-19-4/h9H,5-8H2,1-4H3,(H3,13,14,15,16,17). The van der Waals surface area contributed by atoms with E-state index in [2.05, 4.69) is 41.0 Å². The molecule has 0 radical (unpaired) electrons. The summed E-state index contributed by atoms with van der Waals surface area (Å²) >= 11 is 0. The second-order valence-electron chi connectivity index (χ2n) is 4.43. The van der Waals surface area contributed by atoms with E-state index in [1.165, 1.54) is 0 Å². The SMILES string of the molecule is CCN(CC)c1nc(N)nc(NCC(C)COC)n1. The van der Waals surface area contributed by atoms with Crippen molar-refractivity contribution < 1.29 is 4.74 Å². The lowest BCUT2D eigenvalue weighted by atomic mass is 10.2. The Hall–Kier alpha value is -1.63. The molecule has 0 bridgehead atoms. The Bertz CT molecular complexity index is 382. The molecule has 0 aliphatic heterocycles. The van der Waals surface area contributed by atoms with Gasteiger partial charge in [0.1, 0.15) is 0 Å². The Labute approximate surface area is 114 Å². The van der Waals surface area contributed by atoms with Crippen LogP contribution in [0.2, 0.25) is 0 Å². The summed E-state index contributed by atoms with van der Waals surface area (Å²) in [4.78, 5) is 14.7. The zero-order valence-electron chi connectivity index (χ0n) is 12.2. The summed E-state index contributed by atoms with van der Waals surface area (Å²) in [6.07, 6.45) is 0. The highest BCUT2D eigenvalue weighted by atomic mass is 16.5. The predicted molar refractivity (Wildman–Crippen MR) is 77.3 cm³/mol.